The predicted molar refractivity (Wildman–Crippen MR) is 210 cm³/mol. The Bertz CT molecular complexity index is 944. The summed E-state index contributed by atoms with van der Waals surface area (Å²) in [5.41, 5.74) is 0. The van der Waals surface area contributed by atoms with E-state index in [2.05, 4.69) is 81.5 Å². The zero-order valence-corrected chi connectivity index (χ0v) is 32.4. The monoisotopic (exact) mass is 699 g/mol. The van der Waals surface area contributed by atoms with Crippen LogP contribution < -0.4 is 0 Å². The van der Waals surface area contributed by atoms with E-state index in [9.17, 15) is 14.4 Å². The molecular weight excluding hydrogens is 624 g/mol. The Morgan fingerprint density at radius 3 is 1.32 bits per heavy atom. The fourth-order valence-corrected chi connectivity index (χ4v) is 5.20. The molecule has 0 saturated heterocycles. The highest BCUT2D eigenvalue weighted by Crippen LogP contribution is 2.12. The van der Waals surface area contributed by atoms with Gasteiger partial charge in [0.1, 0.15) is 13.2 Å². The molecule has 0 aromatic carbocycles. The molecule has 0 bridgehead atoms. The molecule has 0 aliphatic heterocycles. The molecule has 0 rings (SSSR count). The average molecular weight is 699 g/mol. The SMILES string of the molecule is CC/C=C\C/C=C\C/C=C\CCCCCC(=O)OCC(COC(=O)CCCCCCCC)OC(=O)CCCCCCC/C=C\C/C=C\CCC. The van der Waals surface area contributed by atoms with Crippen molar-refractivity contribution in [2.24, 2.45) is 0 Å². The minimum absolute atomic E-state index is 0.0907. The van der Waals surface area contributed by atoms with Crippen LogP contribution in [0.1, 0.15) is 181 Å². The maximum absolute atomic E-state index is 12.6. The molecule has 50 heavy (non-hydrogen) atoms. The van der Waals surface area contributed by atoms with Crippen molar-refractivity contribution in [3.63, 3.8) is 0 Å². The van der Waals surface area contributed by atoms with Gasteiger partial charge in [-0.3, -0.25) is 14.4 Å². The Kier molecular flexibility index (Phi) is 36.7. The molecule has 0 N–H and O–H groups in total. The summed E-state index contributed by atoms with van der Waals surface area (Å²) in [5, 5.41) is 0. The van der Waals surface area contributed by atoms with Crippen LogP contribution in [-0.4, -0.2) is 37.2 Å². The number of ether oxygens (including phenoxy) is 3. The van der Waals surface area contributed by atoms with Gasteiger partial charge in [0.15, 0.2) is 6.10 Å². The third-order valence-electron chi connectivity index (χ3n) is 8.24. The average Bonchev–Trinajstić information content (AvgIpc) is 3.11. The molecule has 0 amide bonds. The van der Waals surface area contributed by atoms with Gasteiger partial charge in [-0.15, -0.1) is 0 Å². The van der Waals surface area contributed by atoms with E-state index in [0.717, 1.165) is 116 Å². The fourth-order valence-electron chi connectivity index (χ4n) is 5.20. The fraction of sp³-hybridized carbons (Fsp3) is 0.705. The van der Waals surface area contributed by atoms with Gasteiger partial charge in [0.2, 0.25) is 0 Å². The van der Waals surface area contributed by atoms with Crippen LogP contribution in [0.2, 0.25) is 0 Å². The number of carbonyl (C=O) groups excluding carboxylic acids is 3. The molecule has 1 atom stereocenters. The molecule has 0 aromatic heterocycles. The lowest BCUT2D eigenvalue weighted by Crippen LogP contribution is -2.30. The maximum Gasteiger partial charge on any atom is 0.306 e. The van der Waals surface area contributed by atoms with Gasteiger partial charge in [-0.25, -0.2) is 0 Å². The second-order valence-electron chi connectivity index (χ2n) is 13.2. The minimum atomic E-state index is -0.787. The van der Waals surface area contributed by atoms with Crippen LogP contribution in [0.5, 0.6) is 0 Å². The first-order valence-corrected chi connectivity index (χ1v) is 20.3. The second-order valence-corrected chi connectivity index (χ2v) is 13.2. The lowest BCUT2D eigenvalue weighted by Gasteiger charge is -2.18. The van der Waals surface area contributed by atoms with Gasteiger partial charge >= 0.3 is 17.9 Å². The molecule has 0 saturated carbocycles. The van der Waals surface area contributed by atoms with Crippen molar-refractivity contribution < 1.29 is 28.6 Å². The predicted octanol–water partition coefficient (Wildman–Crippen LogP) is 12.6. The molecule has 6 heteroatoms. The molecule has 0 spiro atoms. The third kappa shape index (κ3) is 36.4. The highest BCUT2D eigenvalue weighted by molar-refractivity contribution is 5.71. The van der Waals surface area contributed by atoms with Gasteiger partial charge in [-0.2, -0.15) is 0 Å². The quantitative estimate of drug-likeness (QED) is 0.0284. The Balaban J connectivity index is 4.40. The number of carbonyl (C=O) groups is 3. The zero-order chi connectivity index (χ0) is 36.6. The number of allylic oxidation sites excluding steroid dienone is 10. The molecule has 1 unspecified atom stereocenters. The Labute approximate surface area is 307 Å². The van der Waals surface area contributed by atoms with E-state index in [1.54, 1.807) is 0 Å². The minimum Gasteiger partial charge on any atom is -0.462 e. The topological polar surface area (TPSA) is 78.9 Å². The van der Waals surface area contributed by atoms with Crippen LogP contribution in [0.3, 0.4) is 0 Å². The van der Waals surface area contributed by atoms with Crippen LogP contribution in [-0.2, 0) is 28.6 Å². The summed E-state index contributed by atoms with van der Waals surface area (Å²) in [7, 11) is 0. The number of hydrogen-bond acceptors (Lipinski definition) is 6. The third-order valence-corrected chi connectivity index (χ3v) is 8.24. The molecule has 6 nitrogen and oxygen atoms in total. The lowest BCUT2D eigenvalue weighted by molar-refractivity contribution is -0.167. The summed E-state index contributed by atoms with van der Waals surface area (Å²) in [6.45, 7) is 6.32. The van der Waals surface area contributed by atoms with Crippen LogP contribution >= 0.6 is 0 Å². The van der Waals surface area contributed by atoms with Gasteiger partial charge in [-0.05, 0) is 77.0 Å². The number of unbranched alkanes of at least 4 members (excludes halogenated alkanes) is 14. The van der Waals surface area contributed by atoms with Crippen molar-refractivity contribution in [1.29, 1.82) is 0 Å². The van der Waals surface area contributed by atoms with Crippen molar-refractivity contribution in [2.45, 2.75) is 187 Å². The number of hydrogen-bond donors (Lipinski definition) is 0. The molecular formula is C44H74O6. The van der Waals surface area contributed by atoms with Crippen LogP contribution in [0.4, 0.5) is 0 Å². The standard InChI is InChI=1S/C44H74O6/c1-4-7-10-13-16-18-20-22-24-26-28-31-34-37-43(46)49-40-41(39-48-42(45)36-33-30-15-12-9-6-3)50-44(47)38-35-32-29-27-25-23-21-19-17-14-11-8-5-2/h7,10-11,14,16,18-19,21-22,24,41H,4-6,8-9,12-13,15,17,20,23,25-40H2,1-3H3/b10-7-,14-11-,18-16-,21-19-,24-22-. The van der Waals surface area contributed by atoms with Gasteiger partial charge in [0.25, 0.3) is 0 Å². The zero-order valence-electron chi connectivity index (χ0n) is 32.4. The molecule has 0 heterocycles. The molecule has 0 fully saturated rings. The van der Waals surface area contributed by atoms with Crippen LogP contribution in [0.25, 0.3) is 0 Å². The van der Waals surface area contributed by atoms with Gasteiger partial charge < -0.3 is 14.2 Å². The van der Waals surface area contributed by atoms with E-state index < -0.39 is 6.10 Å². The molecule has 0 aliphatic carbocycles. The van der Waals surface area contributed by atoms with Crippen molar-refractivity contribution in [2.75, 3.05) is 13.2 Å². The van der Waals surface area contributed by atoms with Gasteiger partial charge in [0.05, 0.1) is 0 Å². The number of esters is 3. The highest BCUT2D eigenvalue weighted by atomic mass is 16.6. The van der Waals surface area contributed by atoms with E-state index in [0.29, 0.717) is 19.3 Å². The van der Waals surface area contributed by atoms with E-state index >= 15 is 0 Å². The summed E-state index contributed by atoms with van der Waals surface area (Å²) < 4.78 is 16.5. The van der Waals surface area contributed by atoms with E-state index in [1.807, 2.05) is 0 Å². The summed E-state index contributed by atoms with van der Waals surface area (Å²) in [4.78, 5) is 37.4. The molecule has 0 radical (unpaired) electrons. The van der Waals surface area contributed by atoms with Crippen LogP contribution in [0.15, 0.2) is 60.8 Å². The Morgan fingerprint density at radius 2 is 0.820 bits per heavy atom. The molecule has 0 aromatic rings. The van der Waals surface area contributed by atoms with E-state index in [4.69, 9.17) is 14.2 Å². The van der Waals surface area contributed by atoms with Crippen LogP contribution in [0, 0.1) is 0 Å². The van der Waals surface area contributed by atoms with E-state index in [-0.39, 0.29) is 31.1 Å². The van der Waals surface area contributed by atoms with Crippen molar-refractivity contribution in [3.05, 3.63) is 60.8 Å². The van der Waals surface area contributed by atoms with E-state index in [1.165, 1.54) is 25.7 Å². The summed E-state index contributed by atoms with van der Waals surface area (Å²) >= 11 is 0. The number of rotatable bonds is 35. The second kappa shape index (κ2) is 38.9. The highest BCUT2D eigenvalue weighted by Gasteiger charge is 2.19. The lowest BCUT2D eigenvalue weighted by atomic mass is 10.1. The van der Waals surface area contributed by atoms with Crippen molar-refractivity contribution in [3.8, 4) is 0 Å². The summed E-state index contributed by atoms with van der Waals surface area (Å²) in [6.07, 6.45) is 45.1. The normalized spacial score (nSPS) is 12.6. The van der Waals surface area contributed by atoms with Gasteiger partial charge in [-0.1, -0.05) is 146 Å². The molecule has 286 valence electrons. The maximum atomic E-state index is 12.6. The summed E-state index contributed by atoms with van der Waals surface area (Å²) in [6, 6.07) is 0. The first-order chi connectivity index (χ1) is 24.5. The summed E-state index contributed by atoms with van der Waals surface area (Å²) in [5.74, 6) is -0.955. The Morgan fingerprint density at radius 1 is 0.420 bits per heavy atom. The Hall–Kier alpha value is -2.89. The first-order valence-electron chi connectivity index (χ1n) is 20.3. The molecule has 0 aliphatic rings. The smallest absolute Gasteiger partial charge is 0.306 e. The largest absolute Gasteiger partial charge is 0.462 e. The van der Waals surface area contributed by atoms with Gasteiger partial charge in [0, 0.05) is 19.3 Å². The van der Waals surface area contributed by atoms with Crippen molar-refractivity contribution in [1.82, 2.24) is 0 Å². The van der Waals surface area contributed by atoms with Crippen molar-refractivity contribution >= 4 is 17.9 Å². The first kappa shape index (κ1) is 47.1.